The SMILES string of the molecule is COc1ccc(NC(=O)NCCc2ccccn2)cc1Br. The number of nitrogens with one attached hydrogen (secondary N) is 2. The first-order valence-electron chi connectivity index (χ1n) is 6.47. The number of halogens is 1. The van der Waals surface area contributed by atoms with Crippen LogP contribution >= 0.6 is 15.9 Å². The zero-order valence-corrected chi connectivity index (χ0v) is 13.2. The summed E-state index contributed by atoms with van der Waals surface area (Å²) in [5.41, 5.74) is 1.64. The first-order chi connectivity index (χ1) is 10.2. The second-order valence-electron chi connectivity index (χ2n) is 4.30. The number of benzene rings is 1. The summed E-state index contributed by atoms with van der Waals surface area (Å²) >= 11 is 3.38. The first-order valence-corrected chi connectivity index (χ1v) is 7.26. The molecule has 110 valence electrons. The molecule has 0 aliphatic rings. The maximum Gasteiger partial charge on any atom is 0.319 e. The fraction of sp³-hybridized carbons (Fsp3) is 0.200. The highest BCUT2D eigenvalue weighted by molar-refractivity contribution is 9.10. The maximum absolute atomic E-state index is 11.8. The van der Waals surface area contributed by atoms with Gasteiger partial charge in [-0.25, -0.2) is 4.79 Å². The largest absolute Gasteiger partial charge is 0.496 e. The van der Waals surface area contributed by atoms with Gasteiger partial charge in [-0.05, 0) is 46.3 Å². The predicted octanol–water partition coefficient (Wildman–Crippen LogP) is 3.22. The number of rotatable bonds is 5. The maximum atomic E-state index is 11.8. The number of amides is 2. The molecule has 0 bridgehead atoms. The Morgan fingerprint density at radius 2 is 2.19 bits per heavy atom. The van der Waals surface area contributed by atoms with E-state index in [1.54, 1.807) is 31.5 Å². The molecule has 2 N–H and O–H groups in total. The van der Waals surface area contributed by atoms with Crippen molar-refractivity contribution in [2.24, 2.45) is 0 Å². The van der Waals surface area contributed by atoms with E-state index in [-0.39, 0.29) is 6.03 Å². The Labute approximate surface area is 131 Å². The van der Waals surface area contributed by atoms with Crippen LogP contribution in [0.15, 0.2) is 47.1 Å². The number of pyridine rings is 1. The molecule has 0 aliphatic heterocycles. The summed E-state index contributed by atoms with van der Waals surface area (Å²) in [6.07, 6.45) is 2.44. The summed E-state index contributed by atoms with van der Waals surface area (Å²) in [4.78, 5) is 16.0. The van der Waals surface area contributed by atoms with E-state index in [1.165, 1.54) is 0 Å². The second kappa shape index (κ2) is 7.64. The molecule has 0 radical (unpaired) electrons. The Morgan fingerprint density at radius 3 is 2.86 bits per heavy atom. The highest BCUT2D eigenvalue weighted by atomic mass is 79.9. The van der Waals surface area contributed by atoms with Crippen LogP contribution in [0.2, 0.25) is 0 Å². The number of anilines is 1. The number of carbonyl (C=O) groups excluding carboxylic acids is 1. The van der Waals surface area contributed by atoms with E-state index in [9.17, 15) is 4.79 Å². The topological polar surface area (TPSA) is 63.2 Å². The Morgan fingerprint density at radius 1 is 1.33 bits per heavy atom. The summed E-state index contributed by atoms with van der Waals surface area (Å²) in [6.45, 7) is 0.528. The van der Waals surface area contributed by atoms with Crippen LogP contribution in [0.5, 0.6) is 5.75 Å². The number of carbonyl (C=O) groups is 1. The number of urea groups is 1. The highest BCUT2D eigenvalue weighted by Gasteiger charge is 2.05. The van der Waals surface area contributed by atoms with Crippen molar-refractivity contribution in [3.8, 4) is 5.75 Å². The number of hydrogen-bond acceptors (Lipinski definition) is 3. The molecule has 0 saturated carbocycles. The average molecular weight is 350 g/mol. The minimum Gasteiger partial charge on any atom is -0.496 e. The number of nitrogens with zero attached hydrogens (tertiary/aromatic N) is 1. The van der Waals surface area contributed by atoms with E-state index in [0.29, 0.717) is 18.7 Å². The van der Waals surface area contributed by atoms with E-state index >= 15 is 0 Å². The van der Waals surface area contributed by atoms with Gasteiger partial charge in [-0.3, -0.25) is 4.98 Å². The number of aromatic nitrogens is 1. The minimum atomic E-state index is -0.247. The van der Waals surface area contributed by atoms with Gasteiger partial charge in [-0.1, -0.05) is 6.07 Å². The molecule has 21 heavy (non-hydrogen) atoms. The van der Waals surface area contributed by atoms with Gasteiger partial charge >= 0.3 is 6.03 Å². The van der Waals surface area contributed by atoms with Crippen molar-refractivity contribution in [3.63, 3.8) is 0 Å². The van der Waals surface area contributed by atoms with E-state index < -0.39 is 0 Å². The van der Waals surface area contributed by atoms with Crippen LogP contribution in [0, 0.1) is 0 Å². The monoisotopic (exact) mass is 349 g/mol. The summed E-state index contributed by atoms with van der Waals surface area (Å²) < 4.78 is 5.92. The van der Waals surface area contributed by atoms with E-state index in [4.69, 9.17) is 4.74 Å². The van der Waals surface area contributed by atoms with E-state index in [0.717, 1.165) is 15.9 Å². The Kier molecular flexibility index (Phi) is 5.57. The predicted molar refractivity (Wildman–Crippen MR) is 85.7 cm³/mol. The van der Waals surface area contributed by atoms with Crippen molar-refractivity contribution in [3.05, 3.63) is 52.8 Å². The van der Waals surface area contributed by atoms with Gasteiger partial charge in [0.05, 0.1) is 11.6 Å². The van der Waals surface area contributed by atoms with Gasteiger partial charge in [0.15, 0.2) is 0 Å². The standard InChI is InChI=1S/C15H16BrN3O2/c1-21-14-6-5-12(10-13(14)16)19-15(20)18-9-7-11-4-2-3-8-17-11/h2-6,8,10H,7,9H2,1H3,(H2,18,19,20). The minimum absolute atomic E-state index is 0.247. The molecule has 2 aromatic rings. The van der Waals surface area contributed by atoms with Gasteiger partial charge in [0.25, 0.3) is 0 Å². The van der Waals surface area contributed by atoms with Gasteiger partial charge in [0.1, 0.15) is 5.75 Å². The van der Waals surface area contributed by atoms with Crippen molar-refractivity contribution in [2.75, 3.05) is 19.0 Å². The smallest absolute Gasteiger partial charge is 0.319 e. The lowest BCUT2D eigenvalue weighted by Crippen LogP contribution is -2.30. The van der Waals surface area contributed by atoms with E-state index in [1.807, 2.05) is 18.2 Å². The molecule has 2 amide bonds. The summed E-state index contributed by atoms with van der Waals surface area (Å²) in [5.74, 6) is 0.719. The lowest BCUT2D eigenvalue weighted by molar-refractivity contribution is 0.252. The van der Waals surface area contributed by atoms with E-state index in [2.05, 4.69) is 31.5 Å². The molecule has 0 spiro atoms. The van der Waals surface area contributed by atoms with Crippen molar-refractivity contribution in [1.29, 1.82) is 0 Å². The molecule has 0 aliphatic carbocycles. The average Bonchev–Trinajstić information content (AvgIpc) is 2.48. The third kappa shape index (κ3) is 4.75. The lowest BCUT2D eigenvalue weighted by Gasteiger charge is -2.09. The quantitative estimate of drug-likeness (QED) is 0.870. The van der Waals surface area contributed by atoms with Crippen molar-refractivity contribution in [2.45, 2.75) is 6.42 Å². The second-order valence-corrected chi connectivity index (χ2v) is 5.16. The van der Waals surface area contributed by atoms with Crippen LogP contribution in [0.4, 0.5) is 10.5 Å². The van der Waals surface area contributed by atoms with Gasteiger partial charge in [-0.15, -0.1) is 0 Å². The molecule has 6 heteroatoms. The van der Waals surface area contributed by atoms with Crippen molar-refractivity contribution < 1.29 is 9.53 Å². The molecule has 0 unspecified atom stereocenters. The van der Waals surface area contributed by atoms with Gasteiger partial charge < -0.3 is 15.4 Å². The zero-order chi connectivity index (χ0) is 15.1. The molecular weight excluding hydrogens is 334 g/mol. The zero-order valence-electron chi connectivity index (χ0n) is 11.6. The molecule has 2 rings (SSSR count). The Hall–Kier alpha value is -2.08. The van der Waals surface area contributed by atoms with Crippen LogP contribution in [0.25, 0.3) is 0 Å². The van der Waals surface area contributed by atoms with Crippen LogP contribution in [0.3, 0.4) is 0 Å². The summed E-state index contributed by atoms with van der Waals surface area (Å²) in [6, 6.07) is 10.8. The third-order valence-corrected chi connectivity index (χ3v) is 3.42. The fourth-order valence-corrected chi connectivity index (χ4v) is 2.31. The van der Waals surface area contributed by atoms with Crippen LogP contribution in [-0.4, -0.2) is 24.7 Å². The highest BCUT2D eigenvalue weighted by Crippen LogP contribution is 2.27. The fourth-order valence-electron chi connectivity index (χ4n) is 1.77. The molecule has 1 heterocycles. The summed E-state index contributed by atoms with van der Waals surface area (Å²) in [7, 11) is 1.59. The Balaban J connectivity index is 1.80. The van der Waals surface area contributed by atoms with Gasteiger partial charge in [0.2, 0.25) is 0 Å². The first kappa shape index (κ1) is 15.3. The molecular formula is C15H16BrN3O2. The molecule has 1 aromatic carbocycles. The van der Waals surface area contributed by atoms with Crippen LogP contribution in [-0.2, 0) is 6.42 Å². The number of hydrogen-bond donors (Lipinski definition) is 2. The van der Waals surface area contributed by atoms with Crippen molar-refractivity contribution >= 4 is 27.6 Å². The number of methoxy groups -OCH3 is 1. The van der Waals surface area contributed by atoms with Gasteiger partial charge in [-0.2, -0.15) is 0 Å². The normalized spacial score (nSPS) is 10.0. The molecule has 5 nitrogen and oxygen atoms in total. The molecule has 1 aromatic heterocycles. The van der Waals surface area contributed by atoms with Crippen LogP contribution < -0.4 is 15.4 Å². The molecule has 0 atom stereocenters. The summed E-state index contributed by atoms with van der Waals surface area (Å²) in [5, 5.41) is 5.56. The lowest BCUT2D eigenvalue weighted by atomic mass is 10.3. The molecule has 0 saturated heterocycles. The number of ether oxygens (including phenoxy) is 1. The third-order valence-electron chi connectivity index (χ3n) is 2.80. The van der Waals surface area contributed by atoms with Crippen LogP contribution in [0.1, 0.15) is 5.69 Å². The molecule has 0 fully saturated rings. The van der Waals surface area contributed by atoms with Gasteiger partial charge in [0, 0.05) is 30.5 Å². The van der Waals surface area contributed by atoms with Crippen molar-refractivity contribution in [1.82, 2.24) is 10.3 Å². The Bertz CT molecular complexity index is 605.